The molecule has 1 unspecified atom stereocenters. The van der Waals surface area contributed by atoms with Crippen molar-refractivity contribution in [2.45, 2.75) is 32.0 Å². The molecule has 24 heavy (non-hydrogen) atoms. The summed E-state index contributed by atoms with van der Waals surface area (Å²) in [7, 11) is 0. The monoisotopic (exact) mass is 337 g/mol. The molecule has 0 spiro atoms. The molecule has 1 amide bonds. The number of benzene rings is 2. The first-order chi connectivity index (χ1) is 11.3. The van der Waals surface area contributed by atoms with Gasteiger partial charge in [-0.2, -0.15) is 13.2 Å². The van der Waals surface area contributed by atoms with E-state index in [1.54, 1.807) is 31.2 Å². The maximum Gasteiger partial charge on any atom is 0.416 e. The quantitative estimate of drug-likeness (QED) is 0.853. The van der Waals surface area contributed by atoms with Crippen molar-refractivity contribution in [1.82, 2.24) is 0 Å². The smallest absolute Gasteiger partial charge is 0.392 e. The lowest BCUT2D eigenvalue weighted by molar-refractivity contribution is -0.137. The molecule has 128 valence electrons. The third-order valence-electron chi connectivity index (χ3n) is 3.72. The van der Waals surface area contributed by atoms with E-state index >= 15 is 0 Å². The van der Waals surface area contributed by atoms with E-state index in [-0.39, 0.29) is 12.5 Å². The predicted octanol–water partition coefficient (Wildman–Crippen LogP) is 4.33. The normalized spacial score (nSPS) is 12.7. The summed E-state index contributed by atoms with van der Waals surface area (Å²) in [4.78, 5) is 12.4. The van der Waals surface area contributed by atoms with Gasteiger partial charge in [-0.05, 0) is 35.7 Å². The van der Waals surface area contributed by atoms with Crippen LogP contribution in [-0.4, -0.2) is 11.0 Å². The number of carbonyl (C=O) groups is 1. The number of rotatable bonds is 5. The first-order valence-corrected chi connectivity index (χ1v) is 7.53. The van der Waals surface area contributed by atoms with Crippen LogP contribution in [0.1, 0.15) is 36.0 Å². The topological polar surface area (TPSA) is 49.3 Å². The minimum Gasteiger partial charge on any atom is -0.392 e. The molecular formula is C18H18F3NO2. The van der Waals surface area contributed by atoms with E-state index in [1.165, 1.54) is 12.1 Å². The molecule has 0 saturated carbocycles. The van der Waals surface area contributed by atoms with E-state index in [9.17, 15) is 18.0 Å². The number of aliphatic hydroxyl groups is 1. The van der Waals surface area contributed by atoms with Crippen LogP contribution in [0, 0.1) is 0 Å². The Bertz CT molecular complexity index is 713. The van der Waals surface area contributed by atoms with Gasteiger partial charge in [-0.25, -0.2) is 0 Å². The molecule has 0 aliphatic heterocycles. The van der Waals surface area contributed by atoms with Crippen molar-refractivity contribution in [3.05, 3.63) is 65.2 Å². The lowest BCUT2D eigenvalue weighted by Gasteiger charge is -2.17. The Kier molecular flexibility index (Phi) is 5.62. The summed E-state index contributed by atoms with van der Waals surface area (Å²) in [6.07, 6.45) is -4.08. The minimum absolute atomic E-state index is 0.158. The van der Waals surface area contributed by atoms with Gasteiger partial charge >= 0.3 is 6.18 Å². The molecule has 0 heterocycles. The van der Waals surface area contributed by atoms with Crippen molar-refractivity contribution in [1.29, 1.82) is 0 Å². The van der Waals surface area contributed by atoms with Crippen molar-refractivity contribution in [3.63, 3.8) is 0 Å². The van der Waals surface area contributed by atoms with Gasteiger partial charge in [0, 0.05) is 5.69 Å². The Morgan fingerprint density at radius 1 is 1.17 bits per heavy atom. The Labute approximate surface area is 138 Å². The summed E-state index contributed by atoms with van der Waals surface area (Å²) in [5, 5.41) is 11.8. The second-order valence-corrected chi connectivity index (χ2v) is 5.43. The van der Waals surface area contributed by atoms with Gasteiger partial charge in [0.05, 0.1) is 18.1 Å². The van der Waals surface area contributed by atoms with Crippen LogP contribution in [0.15, 0.2) is 48.5 Å². The molecule has 6 heteroatoms. The number of anilines is 1. The fourth-order valence-electron chi connectivity index (χ4n) is 2.48. The molecule has 0 fully saturated rings. The van der Waals surface area contributed by atoms with Crippen molar-refractivity contribution in [3.8, 4) is 0 Å². The summed E-state index contributed by atoms with van der Waals surface area (Å²) < 4.78 is 38.5. The van der Waals surface area contributed by atoms with E-state index in [4.69, 9.17) is 5.11 Å². The van der Waals surface area contributed by atoms with E-state index < -0.39 is 17.7 Å². The molecule has 2 N–H and O–H groups in total. The van der Waals surface area contributed by atoms with Crippen LogP contribution in [0.3, 0.4) is 0 Å². The SMILES string of the molecule is CCC(C(=O)Nc1cccc(CO)c1)c1cccc(C(F)(F)F)c1. The van der Waals surface area contributed by atoms with Crippen molar-refractivity contribution in [2.75, 3.05) is 5.32 Å². The molecule has 0 aromatic heterocycles. The van der Waals surface area contributed by atoms with E-state index in [0.29, 0.717) is 23.2 Å². The molecule has 1 atom stereocenters. The lowest BCUT2D eigenvalue weighted by Crippen LogP contribution is -2.21. The van der Waals surface area contributed by atoms with Crippen LogP contribution in [-0.2, 0) is 17.6 Å². The second-order valence-electron chi connectivity index (χ2n) is 5.43. The Morgan fingerprint density at radius 3 is 2.50 bits per heavy atom. The third kappa shape index (κ3) is 4.35. The van der Waals surface area contributed by atoms with Crippen LogP contribution >= 0.6 is 0 Å². The Morgan fingerprint density at radius 2 is 1.88 bits per heavy atom. The Hall–Kier alpha value is -2.34. The number of hydrogen-bond donors (Lipinski definition) is 2. The molecule has 2 aromatic carbocycles. The van der Waals surface area contributed by atoms with E-state index in [1.807, 2.05) is 0 Å². The van der Waals surface area contributed by atoms with Gasteiger partial charge in [0.1, 0.15) is 0 Å². The van der Waals surface area contributed by atoms with Crippen LogP contribution in [0.5, 0.6) is 0 Å². The number of carbonyl (C=O) groups excluding carboxylic acids is 1. The van der Waals surface area contributed by atoms with Gasteiger partial charge in [0.15, 0.2) is 0 Å². The van der Waals surface area contributed by atoms with Gasteiger partial charge in [-0.3, -0.25) is 4.79 Å². The fraction of sp³-hybridized carbons (Fsp3) is 0.278. The van der Waals surface area contributed by atoms with Gasteiger partial charge in [0.25, 0.3) is 0 Å². The minimum atomic E-state index is -4.44. The fourth-order valence-corrected chi connectivity index (χ4v) is 2.48. The number of alkyl halides is 3. The number of aliphatic hydroxyl groups excluding tert-OH is 1. The number of nitrogens with one attached hydrogen (secondary N) is 1. The standard InChI is InChI=1S/C18H18F3NO2/c1-2-16(13-6-4-7-14(10-13)18(19,20)21)17(24)22-15-8-3-5-12(9-15)11-23/h3-10,16,23H,2,11H2,1H3,(H,22,24). The molecule has 0 bridgehead atoms. The maximum absolute atomic E-state index is 12.8. The van der Waals surface area contributed by atoms with Crippen LogP contribution < -0.4 is 5.32 Å². The molecule has 0 aliphatic rings. The zero-order chi connectivity index (χ0) is 17.7. The molecular weight excluding hydrogens is 319 g/mol. The molecule has 0 aliphatic carbocycles. The number of hydrogen-bond acceptors (Lipinski definition) is 2. The highest BCUT2D eigenvalue weighted by atomic mass is 19.4. The largest absolute Gasteiger partial charge is 0.416 e. The van der Waals surface area contributed by atoms with Crippen molar-refractivity contribution in [2.24, 2.45) is 0 Å². The van der Waals surface area contributed by atoms with E-state index in [2.05, 4.69) is 5.32 Å². The van der Waals surface area contributed by atoms with Gasteiger partial charge < -0.3 is 10.4 Å². The average Bonchev–Trinajstić information content (AvgIpc) is 2.55. The predicted molar refractivity (Wildman–Crippen MR) is 85.5 cm³/mol. The summed E-state index contributed by atoms with van der Waals surface area (Å²) in [5.74, 6) is -1.07. The zero-order valence-corrected chi connectivity index (χ0v) is 13.1. The average molecular weight is 337 g/mol. The summed E-state index contributed by atoms with van der Waals surface area (Å²) in [6, 6.07) is 11.5. The van der Waals surface area contributed by atoms with Gasteiger partial charge in [0.2, 0.25) is 5.91 Å². The lowest BCUT2D eigenvalue weighted by atomic mass is 9.94. The summed E-state index contributed by atoms with van der Waals surface area (Å²) in [6.45, 7) is 1.59. The third-order valence-corrected chi connectivity index (χ3v) is 3.72. The van der Waals surface area contributed by atoms with Crippen LogP contribution in [0.25, 0.3) is 0 Å². The highest BCUT2D eigenvalue weighted by Gasteiger charge is 2.31. The summed E-state index contributed by atoms with van der Waals surface area (Å²) >= 11 is 0. The van der Waals surface area contributed by atoms with E-state index in [0.717, 1.165) is 12.1 Å². The maximum atomic E-state index is 12.8. The highest BCUT2D eigenvalue weighted by Crippen LogP contribution is 2.32. The second kappa shape index (κ2) is 7.49. The van der Waals surface area contributed by atoms with Crippen LogP contribution in [0.4, 0.5) is 18.9 Å². The number of amides is 1. The highest BCUT2D eigenvalue weighted by molar-refractivity contribution is 5.95. The number of halogens is 3. The molecule has 3 nitrogen and oxygen atoms in total. The molecule has 2 rings (SSSR count). The van der Waals surface area contributed by atoms with Crippen LogP contribution in [0.2, 0.25) is 0 Å². The molecule has 0 saturated heterocycles. The molecule has 2 aromatic rings. The van der Waals surface area contributed by atoms with Crippen molar-refractivity contribution >= 4 is 11.6 Å². The first-order valence-electron chi connectivity index (χ1n) is 7.53. The Balaban J connectivity index is 2.23. The summed E-state index contributed by atoms with van der Waals surface area (Å²) in [5.41, 5.74) is 0.688. The molecule has 0 radical (unpaired) electrons. The van der Waals surface area contributed by atoms with Gasteiger partial charge in [-0.15, -0.1) is 0 Å². The van der Waals surface area contributed by atoms with Gasteiger partial charge in [-0.1, -0.05) is 37.3 Å². The zero-order valence-electron chi connectivity index (χ0n) is 13.1. The van der Waals surface area contributed by atoms with Crippen molar-refractivity contribution < 1.29 is 23.1 Å². The first kappa shape index (κ1) is 18.0.